The van der Waals surface area contributed by atoms with Crippen molar-refractivity contribution in [3.05, 3.63) is 0 Å². The fraction of sp³-hybridized carbons (Fsp3) is 0.923. The van der Waals surface area contributed by atoms with Crippen LogP contribution in [0.4, 0.5) is 0 Å². The van der Waals surface area contributed by atoms with Crippen LogP contribution in [0.3, 0.4) is 0 Å². The van der Waals surface area contributed by atoms with E-state index in [9.17, 15) is 4.79 Å². The summed E-state index contributed by atoms with van der Waals surface area (Å²) in [5, 5.41) is 3.05. The normalized spacial score (nSPS) is 11.9. The van der Waals surface area contributed by atoms with Gasteiger partial charge in [0.1, 0.15) is 0 Å². The Bertz CT molecular complexity index is 203. The molecule has 0 atom stereocenters. The molecule has 0 aliphatic heterocycles. The van der Waals surface area contributed by atoms with Gasteiger partial charge in [0.05, 0.1) is 5.54 Å². The molecule has 0 aliphatic carbocycles. The van der Waals surface area contributed by atoms with Crippen LogP contribution < -0.4 is 5.32 Å². The second-order valence-electron chi connectivity index (χ2n) is 4.66. The number of alkyl halides is 2. The summed E-state index contributed by atoms with van der Waals surface area (Å²) in [7, 11) is 0. The quantitative estimate of drug-likeness (QED) is 0.637. The van der Waals surface area contributed by atoms with Gasteiger partial charge >= 0.3 is 0 Å². The maximum atomic E-state index is 12.2. The summed E-state index contributed by atoms with van der Waals surface area (Å²) in [4.78, 5) is 12.2. The van der Waals surface area contributed by atoms with E-state index in [1.54, 1.807) is 0 Å². The molecule has 0 aliphatic rings. The minimum atomic E-state index is -0.445. The molecule has 0 aromatic carbocycles. The second kappa shape index (κ2) is 9.04. The highest BCUT2D eigenvalue weighted by Gasteiger charge is 2.30. The molecule has 0 saturated carbocycles. The standard InChI is InChI=1S/C13H25Cl2NO/c1-4-7-11(8-5-2)12(17)16-13(6-3,9-14)10-15/h11H,4-10H2,1-3H3,(H,16,17). The molecule has 102 valence electrons. The lowest BCUT2D eigenvalue weighted by Crippen LogP contribution is -2.53. The summed E-state index contributed by atoms with van der Waals surface area (Å²) >= 11 is 11.9. The van der Waals surface area contributed by atoms with E-state index in [-0.39, 0.29) is 11.8 Å². The number of carbonyl (C=O) groups is 1. The minimum Gasteiger partial charge on any atom is -0.348 e. The Morgan fingerprint density at radius 1 is 1.12 bits per heavy atom. The molecule has 0 radical (unpaired) electrons. The molecule has 2 nitrogen and oxygen atoms in total. The minimum absolute atomic E-state index is 0.0994. The van der Waals surface area contributed by atoms with Gasteiger partial charge in [0, 0.05) is 17.7 Å². The Morgan fingerprint density at radius 2 is 1.59 bits per heavy atom. The zero-order chi connectivity index (χ0) is 13.3. The average Bonchev–Trinajstić information content (AvgIpc) is 2.35. The van der Waals surface area contributed by atoms with Gasteiger partial charge in [-0.1, -0.05) is 33.6 Å². The monoisotopic (exact) mass is 281 g/mol. The van der Waals surface area contributed by atoms with Crippen molar-refractivity contribution in [2.45, 2.75) is 58.4 Å². The van der Waals surface area contributed by atoms with E-state index in [1.165, 1.54) is 0 Å². The molecule has 1 N–H and O–H groups in total. The SMILES string of the molecule is CCCC(CCC)C(=O)NC(CC)(CCl)CCl. The zero-order valence-corrected chi connectivity index (χ0v) is 12.7. The third-order valence-electron chi connectivity index (χ3n) is 3.22. The van der Waals surface area contributed by atoms with E-state index in [2.05, 4.69) is 19.2 Å². The predicted octanol–water partition coefficient (Wildman–Crippen LogP) is 3.95. The lowest BCUT2D eigenvalue weighted by molar-refractivity contribution is -0.127. The third-order valence-corrected chi connectivity index (χ3v) is 4.24. The molecule has 0 rings (SSSR count). The summed E-state index contributed by atoms with van der Waals surface area (Å²) in [5.41, 5.74) is -0.445. The van der Waals surface area contributed by atoms with Crippen molar-refractivity contribution in [1.82, 2.24) is 5.32 Å². The predicted molar refractivity (Wildman–Crippen MR) is 75.9 cm³/mol. The number of hydrogen-bond acceptors (Lipinski definition) is 1. The molecule has 0 aromatic heterocycles. The van der Waals surface area contributed by atoms with Gasteiger partial charge in [0.2, 0.25) is 5.91 Å². The van der Waals surface area contributed by atoms with Crippen LogP contribution in [0.1, 0.15) is 52.9 Å². The van der Waals surface area contributed by atoms with E-state index >= 15 is 0 Å². The summed E-state index contributed by atoms with van der Waals surface area (Å²) in [6.45, 7) is 6.21. The Morgan fingerprint density at radius 3 is 1.88 bits per heavy atom. The fourth-order valence-corrected chi connectivity index (χ4v) is 2.64. The fourth-order valence-electron chi connectivity index (χ4n) is 1.85. The molecular weight excluding hydrogens is 257 g/mol. The van der Waals surface area contributed by atoms with Crippen molar-refractivity contribution >= 4 is 29.1 Å². The average molecular weight is 282 g/mol. The highest BCUT2D eigenvalue weighted by molar-refractivity contribution is 6.22. The first kappa shape index (κ1) is 17.1. The lowest BCUT2D eigenvalue weighted by Gasteiger charge is -2.31. The van der Waals surface area contributed by atoms with Gasteiger partial charge in [0.25, 0.3) is 0 Å². The van der Waals surface area contributed by atoms with Crippen LogP contribution in [0.2, 0.25) is 0 Å². The second-order valence-corrected chi connectivity index (χ2v) is 5.20. The Hall–Kier alpha value is 0.0500. The van der Waals surface area contributed by atoms with Gasteiger partial charge in [0.15, 0.2) is 0 Å². The van der Waals surface area contributed by atoms with Crippen LogP contribution in [0.25, 0.3) is 0 Å². The first-order valence-corrected chi connectivity index (χ1v) is 7.59. The number of halogens is 2. The number of amides is 1. The summed E-state index contributed by atoms with van der Waals surface area (Å²) in [5.74, 6) is 0.937. The van der Waals surface area contributed by atoms with Crippen LogP contribution in [0.15, 0.2) is 0 Å². The number of carbonyl (C=O) groups excluding carboxylic acids is 1. The molecule has 0 saturated heterocycles. The van der Waals surface area contributed by atoms with Gasteiger partial charge < -0.3 is 5.32 Å². The Balaban J connectivity index is 4.55. The van der Waals surface area contributed by atoms with Crippen LogP contribution in [0, 0.1) is 5.92 Å². The van der Waals surface area contributed by atoms with Crippen LogP contribution >= 0.6 is 23.2 Å². The van der Waals surface area contributed by atoms with Crippen molar-refractivity contribution in [3.63, 3.8) is 0 Å². The number of rotatable bonds is 9. The first-order chi connectivity index (χ1) is 8.09. The first-order valence-electron chi connectivity index (χ1n) is 6.53. The highest BCUT2D eigenvalue weighted by atomic mass is 35.5. The lowest BCUT2D eigenvalue weighted by atomic mass is 9.94. The number of nitrogens with one attached hydrogen (secondary N) is 1. The van der Waals surface area contributed by atoms with Crippen molar-refractivity contribution in [2.24, 2.45) is 5.92 Å². The Kier molecular flexibility index (Phi) is 9.07. The summed E-state index contributed by atoms with van der Waals surface area (Å²) < 4.78 is 0. The zero-order valence-electron chi connectivity index (χ0n) is 11.2. The van der Waals surface area contributed by atoms with Gasteiger partial charge in [-0.3, -0.25) is 4.79 Å². The molecule has 0 fully saturated rings. The summed E-state index contributed by atoms with van der Waals surface area (Å²) in [6, 6.07) is 0. The molecule has 0 heterocycles. The van der Waals surface area contributed by atoms with Gasteiger partial charge in [-0.15, -0.1) is 23.2 Å². The van der Waals surface area contributed by atoms with Gasteiger partial charge in [-0.2, -0.15) is 0 Å². The molecular formula is C13H25Cl2NO. The molecule has 0 bridgehead atoms. The van der Waals surface area contributed by atoms with Crippen molar-refractivity contribution < 1.29 is 4.79 Å². The van der Waals surface area contributed by atoms with E-state index in [0.717, 1.165) is 32.1 Å². The molecule has 17 heavy (non-hydrogen) atoms. The van der Waals surface area contributed by atoms with Gasteiger partial charge in [-0.25, -0.2) is 0 Å². The van der Waals surface area contributed by atoms with Crippen molar-refractivity contribution in [2.75, 3.05) is 11.8 Å². The molecule has 0 aromatic rings. The Labute approximate surface area is 115 Å². The summed E-state index contributed by atoms with van der Waals surface area (Å²) in [6.07, 6.45) is 4.68. The largest absolute Gasteiger partial charge is 0.348 e. The maximum Gasteiger partial charge on any atom is 0.223 e. The van der Waals surface area contributed by atoms with Crippen molar-refractivity contribution in [3.8, 4) is 0 Å². The van der Waals surface area contributed by atoms with Gasteiger partial charge in [-0.05, 0) is 19.3 Å². The maximum absolute atomic E-state index is 12.2. The van der Waals surface area contributed by atoms with E-state index in [4.69, 9.17) is 23.2 Å². The van der Waals surface area contributed by atoms with Crippen molar-refractivity contribution in [1.29, 1.82) is 0 Å². The smallest absolute Gasteiger partial charge is 0.223 e. The topological polar surface area (TPSA) is 29.1 Å². The molecule has 0 spiro atoms. The molecule has 0 unspecified atom stereocenters. The van der Waals surface area contributed by atoms with Crippen LogP contribution in [0.5, 0.6) is 0 Å². The van der Waals surface area contributed by atoms with E-state index in [0.29, 0.717) is 11.8 Å². The van der Waals surface area contributed by atoms with E-state index < -0.39 is 5.54 Å². The highest BCUT2D eigenvalue weighted by Crippen LogP contribution is 2.19. The number of hydrogen-bond donors (Lipinski definition) is 1. The molecule has 4 heteroatoms. The van der Waals surface area contributed by atoms with Crippen LogP contribution in [-0.2, 0) is 4.79 Å². The third kappa shape index (κ3) is 5.48. The van der Waals surface area contributed by atoms with Crippen LogP contribution in [-0.4, -0.2) is 23.2 Å². The molecule has 1 amide bonds. The van der Waals surface area contributed by atoms with E-state index in [1.807, 2.05) is 6.92 Å².